The molecule has 0 bridgehead atoms. The summed E-state index contributed by atoms with van der Waals surface area (Å²) in [7, 11) is 0. The quantitative estimate of drug-likeness (QED) is 0.737. The number of amides is 1. The zero-order valence-electron chi connectivity index (χ0n) is 12.7. The molecule has 1 amide bonds. The molecule has 0 atom stereocenters. The molecule has 0 spiro atoms. The van der Waals surface area contributed by atoms with E-state index >= 15 is 0 Å². The predicted octanol–water partition coefficient (Wildman–Crippen LogP) is 2.18. The fourth-order valence-electron chi connectivity index (χ4n) is 1.95. The maximum atomic E-state index is 11.5. The van der Waals surface area contributed by atoms with Gasteiger partial charge in [-0.15, -0.1) is 0 Å². The summed E-state index contributed by atoms with van der Waals surface area (Å²) in [6.07, 6.45) is 3.33. The van der Waals surface area contributed by atoms with Gasteiger partial charge in [-0.2, -0.15) is 0 Å². The molecule has 0 aliphatic rings. The fraction of sp³-hybridized carbons (Fsp3) is 0.467. The van der Waals surface area contributed by atoms with Crippen molar-refractivity contribution in [3.8, 4) is 0 Å². The van der Waals surface area contributed by atoms with Gasteiger partial charge in [0.05, 0.1) is 0 Å². The van der Waals surface area contributed by atoms with Crippen molar-refractivity contribution in [2.24, 2.45) is 0 Å². The van der Waals surface area contributed by atoms with Crippen molar-refractivity contribution in [2.45, 2.75) is 32.9 Å². The zero-order valence-corrected chi connectivity index (χ0v) is 12.7. The number of alkyl carbamates (subject to hydrolysis) is 1. The van der Waals surface area contributed by atoms with Gasteiger partial charge in [0.2, 0.25) is 0 Å². The van der Waals surface area contributed by atoms with Gasteiger partial charge in [0.15, 0.2) is 0 Å². The van der Waals surface area contributed by atoms with Gasteiger partial charge in [-0.3, -0.25) is 0 Å². The van der Waals surface area contributed by atoms with Crippen LogP contribution in [0.15, 0.2) is 24.5 Å². The highest BCUT2D eigenvalue weighted by molar-refractivity contribution is 5.79. The van der Waals surface area contributed by atoms with Crippen molar-refractivity contribution in [3.63, 3.8) is 0 Å². The lowest BCUT2D eigenvalue weighted by atomic mass is 10.2. The first-order valence-corrected chi connectivity index (χ1v) is 7.04. The number of ether oxygens (including phenoxy) is 1. The molecule has 2 heterocycles. The highest BCUT2D eigenvalue weighted by atomic mass is 16.6. The van der Waals surface area contributed by atoms with E-state index in [9.17, 15) is 4.79 Å². The lowest BCUT2D eigenvalue weighted by molar-refractivity contribution is 0.0528. The summed E-state index contributed by atoms with van der Waals surface area (Å²) in [4.78, 5) is 18.8. The molecule has 2 aromatic heterocycles. The van der Waals surface area contributed by atoms with Gasteiger partial charge >= 0.3 is 6.09 Å². The third-order valence-electron chi connectivity index (χ3n) is 2.82. The molecule has 0 saturated carbocycles. The number of aromatic nitrogens is 2. The smallest absolute Gasteiger partial charge is 0.407 e. The first kappa shape index (κ1) is 15.3. The van der Waals surface area contributed by atoms with Crippen LogP contribution in [0.4, 0.5) is 4.79 Å². The van der Waals surface area contributed by atoms with E-state index in [1.165, 1.54) is 0 Å². The van der Waals surface area contributed by atoms with Gasteiger partial charge in [-0.05, 0) is 38.5 Å². The summed E-state index contributed by atoms with van der Waals surface area (Å²) in [5.41, 5.74) is 1.59. The Labute approximate surface area is 124 Å². The molecule has 0 fully saturated rings. The lowest BCUT2D eigenvalue weighted by Crippen LogP contribution is -2.36. The second-order valence-corrected chi connectivity index (χ2v) is 5.82. The molecule has 0 unspecified atom stereocenters. The van der Waals surface area contributed by atoms with Crippen LogP contribution in [0.3, 0.4) is 0 Å². The number of pyridine rings is 1. The summed E-state index contributed by atoms with van der Waals surface area (Å²) in [6, 6.07) is 3.96. The van der Waals surface area contributed by atoms with Crippen LogP contribution in [0.2, 0.25) is 0 Å². The summed E-state index contributed by atoms with van der Waals surface area (Å²) in [5.74, 6) is 0. The minimum atomic E-state index is -0.464. The van der Waals surface area contributed by atoms with E-state index in [0.717, 1.165) is 23.1 Å². The number of hydrogen-bond donors (Lipinski definition) is 3. The van der Waals surface area contributed by atoms with E-state index in [0.29, 0.717) is 13.1 Å². The highest BCUT2D eigenvalue weighted by Crippen LogP contribution is 2.14. The van der Waals surface area contributed by atoms with E-state index in [1.54, 1.807) is 6.20 Å². The standard InChI is InChI=1S/C15H22N4O2/c1-15(2,3)21-14(20)18-8-7-16-9-11-10-19-13-12(11)5-4-6-17-13/h4-6,10,16H,7-9H2,1-3H3,(H,17,19)(H,18,20). The molecule has 21 heavy (non-hydrogen) atoms. The van der Waals surface area contributed by atoms with Crippen LogP contribution >= 0.6 is 0 Å². The molecule has 0 aliphatic heterocycles. The summed E-state index contributed by atoms with van der Waals surface area (Å²) >= 11 is 0. The van der Waals surface area contributed by atoms with E-state index in [4.69, 9.17) is 4.74 Å². The van der Waals surface area contributed by atoms with E-state index < -0.39 is 5.60 Å². The van der Waals surface area contributed by atoms with Crippen LogP contribution in [-0.4, -0.2) is 34.8 Å². The maximum absolute atomic E-state index is 11.5. The van der Waals surface area contributed by atoms with E-state index in [2.05, 4.69) is 20.6 Å². The number of nitrogens with one attached hydrogen (secondary N) is 3. The number of aromatic amines is 1. The number of fused-ring (bicyclic) bond motifs is 1. The number of carbonyl (C=O) groups excluding carboxylic acids is 1. The minimum Gasteiger partial charge on any atom is -0.444 e. The van der Waals surface area contributed by atoms with Crippen LogP contribution in [0, 0.1) is 0 Å². The average Bonchev–Trinajstić information content (AvgIpc) is 2.80. The van der Waals surface area contributed by atoms with Gasteiger partial charge in [0.1, 0.15) is 11.2 Å². The Morgan fingerprint density at radius 3 is 2.95 bits per heavy atom. The lowest BCUT2D eigenvalue weighted by Gasteiger charge is -2.19. The summed E-state index contributed by atoms with van der Waals surface area (Å²) in [5, 5.41) is 7.11. The van der Waals surface area contributed by atoms with Gasteiger partial charge < -0.3 is 20.4 Å². The fourth-order valence-corrected chi connectivity index (χ4v) is 1.95. The first-order valence-electron chi connectivity index (χ1n) is 7.04. The van der Waals surface area contributed by atoms with Gasteiger partial charge in [0.25, 0.3) is 0 Å². The van der Waals surface area contributed by atoms with Crippen LogP contribution in [0.25, 0.3) is 11.0 Å². The van der Waals surface area contributed by atoms with Crippen molar-refractivity contribution in [1.29, 1.82) is 0 Å². The minimum absolute atomic E-state index is 0.388. The van der Waals surface area contributed by atoms with Gasteiger partial charge in [0, 0.05) is 37.4 Å². The van der Waals surface area contributed by atoms with Crippen LogP contribution in [-0.2, 0) is 11.3 Å². The summed E-state index contributed by atoms with van der Waals surface area (Å²) in [6.45, 7) is 7.45. The molecule has 3 N–H and O–H groups in total. The third-order valence-corrected chi connectivity index (χ3v) is 2.82. The topological polar surface area (TPSA) is 79.0 Å². The SMILES string of the molecule is CC(C)(C)OC(=O)NCCNCc1c[nH]c2ncccc12. The molecule has 6 heteroatoms. The zero-order chi connectivity index (χ0) is 15.3. The molecular formula is C15H22N4O2. The Bertz CT molecular complexity index is 601. The number of H-pyrrole nitrogens is 1. The molecule has 0 radical (unpaired) electrons. The van der Waals surface area contributed by atoms with E-state index in [1.807, 2.05) is 39.1 Å². The Balaban J connectivity index is 1.70. The van der Waals surface area contributed by atoms with Gasteiger partial charge in [-0.1, -0.05) is 0 Å². The molecule has 0 saturated heterocycles. The largest absolute Gasteiger partial charge is 0.444 e. The van der Waals surface area contributed by atoms with E-state index in [-0.39, 0.29) is 6.09 Å². The Morgan fingerprint density at radius 2 is 2.19 bits per heavy atom. The van der Waals surface area contributed by atoms with Crippen LogP contribution in [0.1, 0.15) is 26.3 Å². The molecule has 114 valence electrons. The molecule has 6 nitrogen and oxygen atoms in total. The Kier molecular flexibility index (Phi) is 4.80. The average molecular weight is 290 g/mol. The second-order valence-electron chi connectivity index (χ2n) is 5.82. The van der Waals surface area contributed by atoms with Gasteiger partial charge in [-0.25, -0.2) is 9.78 Å². The van der Waals surface area contributed by atoms with Crippen molar-refractivity contribution >= 4 is 17.1 Å². The first-order chi connectivity index (χ1) is 9.96. The predicted molar refractivity (Wildman–Crippen MR) is 82.0 cm³/mol. The highest BCUT2D eigenvalue weighted by Gasteiger charge is 2.15. The normalized spacial score (nSPS) is 11.6. The molecule has 0 aromatic carbocycles. The Hall–Kier alpha value is -2.08. The number of rotatable bonds is 5. The number of nitrogens with zero attached hydrogens (tertiary/aromatic N) is 1. The summed E-state index contributed by atoms with van der Waals surface area (Å²) < 4.78 is 5.16. The van der Waals surface area contributed by atoms with Crippen LogP contribution in [0.5, 0.6) is 0 Å². The molecule has 2 rings (SSSR count). The number of hydrogen-bond acceptors (Lipinski definition) is 4. The van der Waals surface area contributed by atoms with Crippen molar-refractivity contribution in [1.82, 2.24) is 20.6 Å². The molecular weight excluding hydrogens is 268 g/mol. The van der Waals surface area contributed by atoms with Crippen molar-refractivity contribution in [3.05, 3.63) is 30.1 Å². The second kappa shape index (κ2) is 6.58. The maximum Gasteiger partial charge on any atom is 0.407 e. The number of carbonyl (C=O) groups is 1. The third kappa shape index (κ3) is 4.75. The Morgan fingerprint density at radius 1 is 1.38 bits per heavy atom. The van der Waals surface area contributed by atoms with Crippen molar-refractivity contribution < 1.29 is 9.53 Å². The molecule has 2 aromatic rings. The van der Waals surface area contributed by atoms with Crippen LogP contribution < -0.4 is 10.6 Å². The monoisotopic (exact) mass is 290 g/mol. The van der Waals surface area contributed by atoms with Crippen molar-refractivity contribution in [2.75, 3.05) is 13.1 Å². The molecule has 0 aliphatic carbocycles.